The molecule has 0 aliphatic carbocycles. The molecule has 2 aromatic rings. The van der Waals surface area contributed by atoms with E-state index in [1.54, 1.807) is 17.6 Å². The largest absolute Gasteiger partial charge is 0.386 e. The number of rotatable bonds is 7. The first kappa shape index (κ1) is 15.3. The second-order valence-corrected chi connectivity index (χ2v) is 5.53. The molecular formula is C16H18N2O2S. The molecule has 2 rings (SSSR count). The number of benzene rings is 1. The van der Waals surface area contributed by atoms with Gasteiger partial charge in [0.2, 0.25) is 0 Å². The van der Waals surface area contributed by atoms with Crippen molar-refractivity contribution in [1.29, 1.82) is 0 Å². The summed E-state index contributed by atoms with van der Waals surface area (Å²) in [6.07, 6.45) is 2.42. The Kier molecular flexibility index (Phi) is 5.97. The molecule has 1 heterocycles. The minimum atomic E-state index is -0.160. The Labute approximate surface area is 128 Å². The lowest BCUT2D eigenvalue weighted by Crippen LogP contribution is -2.29. The quantitative estimate of drug-likeness (QED) is 0.631. The van der Waals surface area contributed by atoms with Crippen LogP contribution in [0.1, 0.15) is 16.0 Å². The Balaban J connectivity index is 1.63. The molecule has 0 aliphatic heterocycles. The predicted molar refractivity (Wildman–Crippen MR) is 85.8 cm³/mol. The lowest BCUT2D eigenvalue weighted by Gasteiger charge is -2.06. The third-order valence-electron chi connectivity index (χ3n) is 2.97. The van der Waals surface area contributed by atoms with Gasteiger partial charge >= 0.3 is 0 Å². The maximum absolute atomic E-state index is 11.6. The topological polar surface area (TPSA) is 50.7 Å². The van der Waals surface area contributed by atoms with Crippen LogP contribution < -0.4 is 5.32 Å². The van der Waals surface area contributed by atoms with E-state index in [1.165, 1.54) is 11.1 Å². The van der Waals surface area contributed by atoms with E-state index in [9.17, 15) is 4.79 Å². The standard InChI is InChI=1S/C16H18N2O2S/c1-13-5-2-3-6-14(13)8-9-17-16(19)12-20-18-11-15-7-4-10-21-15/h2-7,10-11H,8-9,12H2,1H3,(H,17,19)/b18-11+. The zero-order valence-corrected chi connectivity index (χ0v) is 12.7. The van der Waals surface area contributed by atoms with Gasteiger partial charge in [0.1, 0.15) is 0 Å². The molecule has 0 unspecified atom stereocenters. The SMILES string of the molecule is Cc1ccccc1CCNC(=O)CO/N=C/c1cccs1. The fraction of sp³-hybridized carbons (Fsp3) is 0.250. The Morgan fingerprint density at radius 3 is 2.95 bits per heavy atom. The van der Waals surface area contributed by atoms with Crippen molar-refractivity contribution in [3.8, 4) is 0 Å². The van der Waals surface area contributed by atoms with Gasteiger partial charge < -0.3 is 10.2 Å². The molecule has 1 amide bonds. The number of thiophene rings is 1. The number of aryl methyl sites for hydroxylation is 1. The highest BCUT2D eigenvalue weighted by molar-refractivity contribution is 7.11. The van der Waals surface area contributed by atoms with Crippen LogP contribution in [0.25, 0.3) is 0 Å². The van der Waals surface area contributed by atoms with E-state index in [2.05, 4.69) is 29.5 Å². The van der Waals surface area contributed by atoms with Gasteiger partial charge in [-0.05, 0) is 35.9 Å². The summed E-state index contributed by atoms with van der Waals surface area (Å²) in [5.74, 6) is -0.160. The number of nitrogens with one attached hydrogen (secondary N) is 1. The van der Waals surface area contributed by atoms with Gasteiger partial charge in [-0.15, -0.1) is 11.3 Å². The van der Waals surface area contributed by atoms with Crippen molar-refractivity contribution in [1.82, 2.24) is 5.32 Å². The van der Waals surface area contributed by atoms with Gasteiger partial charge in [0.05, 0.1) is 6.21 Å². The molecule has 0 spiro atoms. The molecule has 1 aromatic heterocycles. The molecule has 0 bridgehead atoms. The van der Waals surface area contributed by atoms with Crippen LogP contribution in [0.3, 0.4) is 0 Å². The van der Waals surface area contributed by atoms with E-state index >= 15 is 0 Å². The van der Waals surface area contributed by atoms with Crippen LogP contribution in [0.5, 0.6) is 0 Å². The fourth-order valence-electron chi connectivity index (χ4n) is 1.83. The second-order valence-electron chi connectivity index (χ2n) is 4.55. The normalized spacial score (nSPS) is 10.7. The first-order valence-electron chi connectivity index (χ1n) is 6.76. The van der Waals surface area contributed by atoms with Gasteiger partial charge in [-0.25, -0.2) is 0 Å². The molecule has 0 saturated carbocycles. The molecule has 0 aliphatic rings. The first-order chi connectivity index (χ1) is 10.3. The van der Waals surface area contributed by atoms with Crippen molar-refractivity contribution < 1.29 is 9.63 Å². The van der Waals surface area contributed by atoms with Crippen LogP contribution in [0.15, 0.2) is 46.9 Å². The zero-order chi connectivity index (χ0) is 14.9. The molecule has 0 saturated heterocycles. The average Bonchev–Trinajstić information content (AvgIpc) is 2.99. The molecule has 21 heavy (non-hydrogen) atoms. The summed E-state index contributed by atoms with van der Waals surface area (Å²) in [4.78, 5) is 17.5. The van der Waals surface area contributed by atoms with E-state index < -0.39 is 0 Å². The molecular weight excluding hydrogens is 284 g/mol. The summed E-state index contributed by atoms with van der Waals surface area (Å²) in [6.45, 7) is 2.61. The van der Waals surface area contributed by atoms with Crippen LogP contribution >= 0.6 is 11.3 Å². The van der Waals surface area contributed by atoms with Crippen molar-refractivity contribution in [2.24, 2.45) is 5.16 Å². The number of oxime groups is 1. The summed E-state index contributed by atoms with van der Waals surface area (Å²) in [6, 6.07) is 12.0. The lowest BCUT2D eigenvalue weighted by molar-refractivity contribution is -0.125. The second kappa shape index (κ2) is 8.21. The maximum Gasteiger partial charge on any atom is 0.260 e. The van der Waals surface area contributed by atoms with Gasteiger partial charge in [0, 0.05) is 11.4 Å². The summed E-state index contributed by atoms with van der Waals surface area (Å²) in [7, 11) is 0. The third kappa shape index (κ3) is 5.39. The van der Waals surface area contributed by atoms with Crippen molar-refractivity contribution in [2.45, 2.75) is 13.3 Å². The molecule has 1 aromatic carbocycles. The molecule has 0 radical (unpaired) electrons. The summed E-state index contributed by atoms with van der Waals surface area (Å²) in [5.41, 5.74) is 2.48. The van der Waals surface area contributed by atoms with E-state index in [1.807, 2.05) is 29.6 Å². The number of nitrogens with zero attached hydrogens (tertiary/aromatic N) is 1. The number of hydrogen-bond donors (Lipinski definition) is 1. The number of carbonyl (C=O) groups is 1. The van der Waals surface area contributed by atoms with Crippen LogP contribution in [-0.2, 0) is 16.1 Å². The summed E-state index contributed by atoms with van der Waals surface area (Å²) >= 11 is 1.56. The van der Waals surface area contributed by atoms with Crippen LogP contribution in [0.4, 0.5) is 0 Å². The number of amides is 1. The summed E-state index contributed by atoms with van der Waals surface area (Å²) < 4.78 is 0. The van der Waals surface area contributed by atoms with Gasteiger partial charge in [-0.2, -0.15) is 0 Å². The van der Waals surface area contributed by atoms with Gasteiger partial charge in [0.25, 0.3) is 5.91 Å². The van der Waals surface area contributed by atoms with Crippen LogP contribution in [0.2, 0.25) is 0 Å². The molecule has 110 valence electrons. The Morgan fingerprint density at radius 2 is 2.19 bits per heavy atom. The highest BCUT2D eigenvalue weighted by Crippen LogP contribution is 2.06. The van der Waals surface area contributed by atoms with Crippen molar-refractivity contribution in [3.05, 3.63) is 57.8 Å². The predicted octanol–water partition coefficient (Wildman–Crippen LogP) is 2.77. The molecule has 0 fully saturated rings. The molecule has 5 heteroatoms. The van der Waals surface area contributed by atoms with Gasteiger partial charge in [-0.3, -0.25) is 4.79 Å². The first-order valence-corrected chi connectivity index (χ1v) is 7.64. The fourth-order valence-corrected chi connectivity index (χ4v) is 2.40. The third-order valence-corrected chi connectivity index (χ3v) is 3.78. The van der Waals surface area contributed by atoms with Gasteiger partial charge in [0.15, 0.2) is 6.61 Å². The average molecular weight is 302 g/mol. The van der Waals surface area contributed by atoms with Crippen molar-refractivity contribution in [3.63, 3.8) is 0 Å². The van der Waals surface area contributed by atoms with E-state index in [0.29, 0.717) is 6.54 Å². The highest BCUT2D eigenvalue weighted by Gasteiger charge is 2.02. The van der Waals surface area contributed by atoms with Crippen molar-refractivity contribution in [2.75, 3.05) is 13.2 Å². The van der Waals surface area contributed by atoms with Crippen LogP contribution in [-0.4, -0.2) is 25.3 Å². The Hall–Kier alpha value is -2.14. The van der Waals surface area contributed by atoms with Crippen LogP contribution in [0, 0.1) is 6.92 Å². The van der Waals surface area contributed by atoms with Crippen molar-refractivity contribution >= 4 is 23.5 Å². The Bertz CT molecular complexity index is 594. The maximum atomic E-state index is 11.6. The number of carbonyl (C=O) groups excluding carboxylic acids is 1. The zero-order valence-electron chi connectivity index (χ0n) is 11.9. The van der Waals surface area contributed by atoms with E-state index in [4.69, 9.17) is 4.84 Å². The minimum absolute atomic E-state index is 0.0599. The van der Waals surface area contributed by atoms with E-state index in [0.717, 1.165) is 11.3 Å². The Morgan fingerprint density at radius 1 is 1.33 bits per heavy atom. The molecule has 4 nitrogen and oxygen atoms in total. The summed E-state index contributed by atoms with van der Waals surface area (Å²) in [5, 5.41) is 8.53. The number of hydrogen-bond acceptors (Lipinski definition) is 4. The smallest absolute Gasteiger partial charge is 0.260 e. The monoisotopic (exact) mass is 302 g/mol. The van der Waals surface area contributed by atoms with E-state index in [-0.39, 0.29) is 12.5 Å². The lowest BCUT2D eigenvalue weighted by atomic mass is 10.1. The molecule has 0 atom stereocenters. The minimum Gasteiger partial charge on any atom is -0.386 e. The van der Waals surface area contributed by atoms with Gasteiger partial charge in [-0.1, -0.05) is 35.5 Å². The highest BCUT2D eigenvalue weighted by atomic mass is 32.1. The molecule has 1 N–H and O–H groups in total.